The minimum atomic E-state index is 0.896. The van der Waals surface area contributed by atoms with E-state index < -0.39 is 0 Å². The fourth-order valence-electron chi connectivity index (χ4n) is 9.51. The van der Waals surface area contributed by atoms with E-state index in [1.54, 1.807) is 0 Å². The van der Waals surface area contributed by atoms with Gasteiger partial charge in [-0.1, -0.05) is 188 Å². The summed E-state index contributed by atoms with van der Waals surface area (Å²) in [7, 11) is 0. The van der Waals surface area contributed by atoms with Crippen LogP contribution in [0.3, 0.4) is 0 Å². The lowest BCUT2D eigenvalue weighted by Gasteiger charge is -2.27. The largest absolute Gasteiger partial charge is 0.456 e. The maximum absolute atomic E-state index is 6.25. The van der Waals surface area contributed by atoms with Gasteiger partial charge in [0, 0.05) is 44.9 Å². The summed E-state index contributed by atoms with van der Waals surface area (Å²) >= 11 is 0. The average molecular weight is 883 g/mol. The first-order valence-corrected chi connectivity index (χ1v) is 23.5. The van der Waals surface area contributed by atoms with Crippen molar-refractivity contribution in [2.45, 2.75) is 0 Å². The molecule has 11 aromatic carbocycles. The summed E-state index contributed by atoms with van der Waals surface area (Å²) in [5, 5.41) is 2.27. The molecule has 326 valence electrons. The van der Waals surface area contributed by atoms with Crippen LogP contribution in [-0.2, 0) is 0 Å². The predicted octanol–water partition coefficient (Wildman–Crippen LogP) is 18.9. The molecule has 3 heteroatoms. The van der Waals surface area contributed by atoms with Crippen molar-refractivity contribution in [2.24, 2.45) is 0 Å². The molecule has 0 aliphatic heterocycles. The molecule has 0 atom stereocenters. The maximum atomic E-state index is 6.25. The van der Waals surface area contributed by atoms with Crippen LogP contribution in [0.25, 0.3) is 77.6 Å². The van der Waals surface area contributed by atoms with E-state index in [0.717, 1.165) is 78.3 Å². The lowest BCUT2D eigenvalue weighted by atomic mass is 10.0. The molecule has 69 heavy (non-hydrogen) atoms. The lowest BCUT2D eigenvalue weighted by molar-refractivity contribution is 0.669. The number of anilines is 6. The van der Waals surface area contributed by atoms with E-state index in [1.807, 2.05) is 12.1 Å². The smallest absolute Gasteiger partial charge is 0.136 e. The molecule has 0 amide bonds. The first kappa shape index (κ1) is 41.3. The fraction of sp³-hybridized carbons (Fsp3) is 0. The summed E-state index contributed by atoms with van der Waals surface area (Å²) in [5.41, 5.74) is 20.0. The Bertz CT molecular complexity index is 3560. The van der Waals surface area contributed by atoms with Crippen molar-refractivity contribution in [3.8, 4) is 55.6 Å². The molecule has 0 fully saturated rings. The van der Waals surface area contributed by atoms with Gasteiger partial charge >= 0.3 is 0 Å². The Morgan fingerprint density at radius 1 is 0.188 bits per heavy atom. The molecule has 0 aliphatic rings. The molecule has 0 aliphatic carbocycles. The van der Waals surface area contributed by atoms with Crippen LogP contribution in [0.15, 0.2) is 283 Å². The SMILES string of the molecule is c1ccc(-c2ccc(N(c3ccc(-c4ccccc4)cc3)c3ccc(-c4ccc(N(c5ccc(-c6ccccc6)cc5)c5ccc(-c6ccc7c(c6)oc6ccccc67)cc5)cc4)cc3)cc2)cc1. The lowest BCUT2D eigenvalue weighted by Crippen LogP contribution is -2.10. The Balaban J connectivity index is 0.856. The van der Waals surface area contributed by atoms with Crippen LogP contribution in [0.2, 0.25) is 0 Å². The second-order valence-corrected chi connectivity index (χ2v) is 17.4. The normalized spacial score (nSPS) is 11.2. The molecule has 1 heterocycles. The molecule has 0 bridgehead atoms. The highest BCUT2D eigenvalue weighted by Crippen LogP contribution is 2.41. The number of hydrogen-bond acceptors (Lipinski definition) is 3. The van der Waals surface area contributed by atoms with Crippen molar-refractivity contribution in [3.63, 3.8) is 0 Å². The Morgan fingerprint density at radius 2 is 0.435 bits per heavy atom. The standard InChI is InChI=1S/C66H46N2O/c1-4-12-47(13-5-1)50-20-33-57(34-21-50)67(58-35-22-51(23-36-58)48-14-6-2-7-15-48)60-39-26-53(27-40-60)54-28-41-61(42-29-54)68(59-37-24-52(25-38-59)49-16-8-3-9-17-49)62-43-30-55(31-44-62)56-32-45-64-63-18-10-11-19-65(63)69-66(64)46-56/h1-46H. The monoisotopic (exact) mass is 882 g/mol. The molecule has 12 aromatic rings. The van der Waals surface area contributed by atoms with Crippen molar-refractivity contribution in [3.05, 3.63) is 279 Å². The van der Waals surface area contributed by atoms with E-state index in [9.17, 15) is 0 Å². The van der Waals surface area contributed by atoms with Gasteiger partial charge in [0.25, 0.3) is 0 Å². The number of para-hydroxylation sites is 1. The van der Waals surface area contributed by atoms with Gasteiger partial charge in [0.15, 0.2) is 0 Å². The molecule has 1 aromatic heterocycles. The van der Waals surface area contributed by atoms with Gasteiger partial charge in [0.05, 0.1) is 0 Å². The van der Waals surface area contributed by atoms with Gasteiger partial charge in [-0.05, 0) is 147 Å². The van der Waals surface area contributed by atoms with Crippen LogP contribution in [0.1, 0.15) is 0 Å². The van der Waals surface area contributed by atoms with Gasteiger partial charge in [0.1, 0.15) is 11.2 Å². The highest BCUT2D eigenvalue weighted by Gasteiger charge is 2.17. The summed E-state index contributed by atoms with van der Waals surface area (Å²) in [5.74, 6) is 0. The zero-order valence-corrected chi connectivity index (χ0v) is 37.9. The number of nitrogens with zero attached hydrogens (tertiary/aromatic N) is 2. The maximum Gasteiger partial charge on any atom is 0.136 e. The zero-order valence-electron chi connectivity index (χ0n) is 37.9. The van der Waals surface area contributed by atoms with Gasteiger partial charge in [-0.15, -0.1) is 0 Å². The summed E-state index contributed by atoms with van der Waals surface area (Å²) < 4.78 is 6.25. The third-order valence-corrected chi connectivity index (χ3v) is 13.1. The van der Waals surface area contributed by atoms with Crippen LogP contribution in [0.5, 0.6) is 0 Å². The van der Waals surface area contributed by atoms with E-state index in [4.69, 9.17) is 4.42 Å². The van der Waals surface area contributed by atoms with Gasteiger partial charge in [-0.25, -0.2) is 0 Å². The third-order valence-electron chi connectivity index (χ3n) is 13.1. The van der Waals surface area contributed by atoms with Gasteiger partial charge in [-0.3, -0.25) is 0 Å². The Morgan fingerprint density at radius 3 is 0.768 bits per heavy atom. The summed E-state index contributed by atoms with van der Waals surface area (Å²) in [4.78, 5) is 4.66. The zero-order chi connectivity index (χ0) is 45.9. The molecule has 0 N–H and O–H groups in total. The second-order valence-electron chi connectivity index (χ2n) is 17.4. The fourth-order valence-corrected chi connectivity index (χ4v) is 9.51. The number of furan rings is 1. The molecular weight excluding hydrogens is 837 g/mol. The highest BCUT2D eigenvalue weighted by molar-refractivity contribution is 6.06. The van der Waals surface area contributed by atoms with Crippen LogP contribution < -0.4 is 9.80 Å². The average Bonchev–Trinajstić information content (AvgIpc) is 3.81. The van der Waals surface area contributed by atoms with E-state index in [2.05, 4.69) is 277 Å². The van der Waals surface area contributed by atoms with Crippen LogP contribution in [-0.4, -0.2) is 0 Å². The van der Waals surface area contributed by atoms with Gasteiger partial charge < -0.3 is 14.2 Å². The first-order chi connectivity index (χ1) is 34.2. The number of fused-ring (bicyclic) bond motifs is 3. The predicted molar refractivity (Wildman–Crippen MR) is 290 cm³/mol. The van der Waals surface area contributed by atoms with Crippen molar-refractivity contribution >= 4 is 56.1 Å². The molecule has 0 spiro atoms. The minimum absolute atomic E-state index is 0.896. The van der Waals surface area contributed by atoms with E-state index >= 15 is 0 Å². The third kappa shape index (κ3) is 8.35. The second kappa shape index (κ2) is 18.2. The van der Waals surface area contributed by atoms with E-state index in [0.29, 0.717) is 0 Å². The van der Waals surface area contributed by atoms with E-state index in [-0.39, 0.29) is 0 Å². The molecule has 12 rings (SSSR count). The Labute approximate surface area is 403 Å². The molecule has 0 saturated carbocycles. The van der Waals surface area contributed by atoms with Crippen LogP contribution >= 0.6 is 0 Å². The van der Waals surface area contributed by atoms with Crippen molar-refractivity contribution in [1.29, 1.82) is 0 Å². The summed E-state index contributed by atoms with van der Waals surface area (Å²) in [6.45, 7) is 0. The highest BCUT2D eigenvalue weighted by atomic mass is 16.3. The van der Waals surface area contributed by atoms with Gasteiger partial charge in [-0.2, -0.15) is 0 Å². The van der Waals surface area contributed by atoms with Gasteiger partial charge in [0.2, 0.25) is 0 Å². The van der Waals surface area contributed by atoms with Crippen LogP contribution in [0.4, 0.5) is 34.1 Å². The molecule has 3 nitrogen and oxygen atoms in total. The van der Waals surface area contributed by atoms with E-state index in [1.165, 1.54) is 33.4 Å². The summed E-state index contributed by atoms with van der Waals surface area (Å²) in [6.07, 6.45) is 0. The number of hydrogen-bond donors (Lipinski definition) is 0. The number of benzene rings is 11. The Hall–Kier alpha value is -9.18. The molecule has 0 unspecified atom stereocenters. The van der Waals surface area contributed by atoms with Crippen molar-refractivity contribution in [2.75, 3.05) is 9.80 Å². The summed E-state index contributed by atoms with van der Waals surface area (Å²) in [6, 6.07) is 99.6. The van der Waals surface area contributed by atoms with Crippen molar-refractivity contribution in [1.82, 2.24) is 0 Å². The van der Waals surface area contributed by atoms with Crippen LogP contribution in [0, 0.1) is 0 Å². The quantitative estimate of drug-likeness (QED) is 0.129. The molecular formula is C66H46N2O. The molecule has 0 radical (unpaired) electrons. The van der Waals surface area contributed by atoms with Crippen molar-refractivity contribution < 1.29 is 4.42 Å². The molecule has 0 saturated heterocycles. The Kier molecular flexibility index (Phi) is 10.9. The topological polar surface area (TPSA) is 19.6 Å². The first-order valence-electron chi connectivity index (χ1n) is 23.5. The number of rotatable bonds is 11. The minimum Gasteiger partial charge on any atom is -0.456 e.